The van der Waals surface area contributed by atoms with E-state index in [9.17, 15) is 13.6 Å². The number of ether oxygens (including phenoxy) is 1. The van der Waals surface area contributed by atoms with Gasteiger partial charge in [0.05, 0.1) is 0 Å². The molecule has 0 N–H and O–H groups in total. The molecular weight excluding hydrogens is 258 g/mol. The molecule has 2 nitrogen and oxygen atoms in total. The van der Waals surface area contributed by atoms with E-state index in [2.05, 4.69) is 4.74 Å². The number of alkyl halides is 2. The Hall–Kier alpha value is -1.75. The van der Waals surface area contributed by atoms with Gasteiger partial charge in [-0.05, 0) is 37.3 Å². The van der Waals surface area contributed by atoms with Crippen molar-refractivity contribution in [3.63, 3.8) is 0 Å². The van der Waals surface area contributed by atoms with E-state index in [-0.39, 0.29) is 11.5 Å². The van der Waals surface area contributed by atoms with Crippen molar-refractivity contribution in [2.75, 3.05) is 0 Å². The van der Waals surface area contributed by atoms with Crippen LogP contribution in [0, 0.1) is 6.92 Å². The molecule has 0 aliphatic rings. The van der Waals surface area contributed by atoms with Crippen LogP contribution in [0.15, 0.2) is 35.7 Å². The van der Waals surface area contributed by atoms with E-state index in [0.717, 1.165) is 4.88 Å². The number of aryl methyl sites for hydroxylation is 1. The fourth-order valence-corrected chi connectivity index (χ4v) is 2.20. The molecule has 0 bridgehead atoms. The number of halogens is 2. The second-order valence-electron chi connectivity index (χ2n) is 3.68. The molecule has 0 saturated carbocycles. The number of benzene rings is 1. The first-order valence-electron chi connectivity index (χ1n) is 5.21. The van der Waals surface area contributed by atoms with Crippen molar-refractivity contribution in [2.45, 2.75) is 13.5 Å². The predicted octanol–water partition coefficient (Wildman–Crippen LogP) is 3.89. The molecule has 0 aliphatic heterocycles. The molecule has 0 fully saturated rings. The monoisotopic (exact) mass is 268 g/mol. The van der Waals surface area contributed by atoms with Gasteiger partial charge in [-0.25, -0.2) is 0 Å². The van der Waals surface area contributed by atoms with Gasteiger partial charge in [0, 0.05) is 21.4 Å². The van der Waals surface area contributed by atoms with Gasteiger partial charge >= 0.3 is 6.61 Å². The Labute approximate surface area is 107 Å². The van der Waals surface area contributed by atoms with Gasteiger partial charge < -0.3 is 4.74 Å². The van der Waals surface area contributed by atoms with Crippen LogP contribution in [0.2, 0.25) is 0 Å². The summed E-state index contributed by atoms with van der Waals surface area (Å²) in [6.45, 7) is -0.938. The average Bonchev–Trinajstić information content (AvgIpc) is 2.75. The maximum atomic E-state index is 12.0. The normalized spacial score (nSPS) is 10.7. The van der Waals surface area contributed by atoms with Crippen LogP contribution in [0.5, 0.6) is 5.75 Å². The molecule has 5 heteroatoms. The molecule has 2 aromatic rings. The van der Waals surface area contributed by atoms with Gasteiger partial charge in [0.25, 0.3) is 0 Å². The predicted molar refractivity (Wildman–Crippen MR) is 65.6 cm³/mol. The van der Waals surface area contributed by atoms with Crippen LogP contribution in [-0.4, -0.2) is 12.4 Å². The summed E-state index contributed by atoms with van der Waals surface area (Å²) in [4.78, 5) is 13.1. The molecule has 2 rings (SSSR count). The summed E-state index contributed by atoms with van der Waals surface area (Å²) in [7, 11) is 0. The van der Waals surface area contributed by atoms with E-state index < -0.39 is 6.61 Å². The smallest absolute Gasteiger partial charge is 0.387 e. The third-order valence-corrected chi connectivity index (χ3v) is 3.20. The maximum absolute atomic E-state index is 12.0. The fraction of sp³-hybridized carbons (Fsp3) is 0.154. The second-order valence-corrected chi connectivity index (χ2v) is 4.79. The molecule has 18 heavy (non-hydrogen) atoms. The third kappa shape index (κ3) is 2.92. The zero-order valence-electron chi connectivity index (χ0n) is 9.52. The number of carbonyl (C=O) groups is 1. The van der Waals surface area contributed by atoms with Gasteiger partial charge in [-0.15, -0.1) is 11.3 Å². The van der Waals surface area contributed by atoms with Crippen molar-refractivity contribution in [1.82, 2.24) is 0 Å². The van der Waals surface area contributed by atoms with Gasteiger partial charge in [0.2, 0.25) is 0 Å². The largest absolute Gasteiger partial charge is 0.435 e. The average molecular weight is 268 g/mol. The lowest BCUT2D eigenvalue weighted by atomic mass is 10.1. The minimum atomic E-state index is -2.86. The summed E-state index contributed by atoms with van der Waals surface area (Å²) in [6.07, 6.45) is 0. The first kappa shape index (κ1) is 12.7. The molecule has 0 unspecified atom stereocenters. The van der Waals surface area contributed by atoms with Crippen LogP contribution in [0.4, 0.5) is 8.78 Å². The Morgan fingerprint density at radius 1 is 1.22 bits per heavy atom. The lowest BCUT2D eigenvalue weighted by Gasteiger charge is -2.04. The minimum Gasteiger partial charge on any atom is -0.435 e. The first-order chi connectivity index (χ1) is 8.56. The maximum Gasteiger partial charge on any atom is 0.387 e. The minimum absolute atomic E-state index is 0.0445. The van der Waals surface area contributed by atoms with Gasteiger partial charge in [0.15, 0.2) is 5.78 Å². The molecular formula is C13H10F2O2S. The molecule has 0 amide bonds. The van der Waals surface area contributed by atoms with Crippen LogP contribution in [0.3, 0.4) is 0 Å². The van der Waals surface area contributed by atoms with Gasteiger partial charge in [-0.1, -0.05) is 0 Å². The molecule has 0 atom stereocenters. The van der Waals surface area contributed by atoms with Crippen molar-refractivity contribution in [3.05, 3.63) is 51.7 Å². The Bertz CT molecular complexity index is 546. The molecule has 1 heterocycles. The standard InChI is InChI=1S/C13H10F2O2S/c1-8-6-10(7-18-8)12(16)9-2-4-11(5-3-9)17-13(14)15/h2-7,13H,1H3. The summed E-state index contributed by atoms with van der Waals surface area (Å²) in [5.74, 6) is -0.0778. The lowest BCUT2D eigenvalue weighted by molar-refractivity contribution is -0.0498. The van der Waals surface area contributed by atoms with Crippen LogP contribution < -0.4 is 4.74 Å². The number of rotatable bonds is 4. The number of hydrogen-bond acceptors (Lipinski definition) is 3. The summed E-state index contributed by atoms with van der Waals surface area (Å²) in [5.41, 5.74) is 1.06. The Morgan fingerprint density at radius 2 is 1.89 bits per heavy atom. The quantitative estimate of drug-likeness (QED) is 0.786. The highest BCUT2D eigenvalue weighted by Gasteiger charge is 2.11. The van der Waals surface area contributed by atoms with E-state index in [1.807, 2.05) is 6.92 Å². The highest BCUT2D eigenvalue weighted by Crippen LogP contribution is 2.20. The zero-order valence-corrected chi connectivity index (χ0v) is 10.3. The lowest BCUT2D eigenvalue weighted by Crippen LogP contribution is -2.03. The number of ketones is 1. The summed E-state index contributed by atoms with van der Waals surface area (Å²) in [5, 5.41) is 1.78. The molecule has 0 aliphatic carbocycles. The van der Waals surface area contributed by atoms with Crippen LogP contribution in [0.1, 0.15) is 20.8 Å². The van der Waals surface area contributed by atoms with E-state index in [4.69, 9.17) is 0 Å². The third-order valence-electron chi connectivity index (χ3n) is 2.33. The van der Waals surface area contributed by atoms with Crippen molar-refractivity contribution in [2.24, 2.45) is 0 Å². The summed E-state index contributed by atoms with van der Waals surface area (Å²) >= 11 is 1.49. The number of carbonyl (C=O) groups excluding carboxylic acids is 1. The fourth-order valence-electron chi connectivity index (χ4n) is 1.52. The second kappa shape index (κ2) is 5.27. The number of thiophene rings is 1. The van der Waals surface area contributed by atoms with Crippen LogP contribution in [-0.2, 0) is 0 Å². The zero-order chi connectivity index (χ0) is 13.1. The molecule has 1 aromatic carbocycles. The van der Waals surface area contributed by atoms with Gasteiger partial charge in [-0.2, -0.15) is 8.78 Å². The molecule has 0 spiro atoms. The van der Waals surface area contributed by atoms with E-state index in [1.165, 1.54) is 35.6 Å². The van der Waals surface area contributed by atoms with E-state index in [1.54, 1.807) is 11.4 Å². The highest BCUT2D eigenvalue weighted by molar-refractivity contribution is 7.10. The van der Waals surface area contributed by atoms with E-state index >= 15 is 0 Å². The molecule has 0 radical (unpaired) electrons. The topological polar surface area (TPSA) is 26.3 Å². The van der Waals surface area contributed by atoms with Crippen molar-refractivity contribution >= 4 is 17.1 Å². The first-order valence-corrected chi connectivity index (χ1v) is 6.09. The van der Waals surface area contributed by atoms with Crippen molar-refractivity contribution < 1.29 is 18.3 Å². The molecule has 0 saturated heterocycles. The molecule has 1 aromatic heterocycles. The highest BCUT2D eigenvalue weighted by atomic mass is 32.1. The van der Waals surface area contributed by atoms with Gasteiger partial charge in [0.1, 0.15) is 5.75 Å². The SMILES string of the molecule is Cc1cc(C(=O)c2ccc(OC(F)F)cc2)cs1. The Balaban J connectivity index is 2.17. The summed E-state index contributed by atoms with van der Waals surface area (Å²) in [6, 6.07) is 7.48. The van der Waals surface area contributed by atoms with Crippen molar-refractivity contribution in [3.8, 4) is 5.75 Å². The van der Waals surface area contributed by atoms with Crippen LogP contribution >= 0.6 is 11.3 Å². The Morgan fingerprint density at radius 3 is 2.39 bits per heavy atom. The van der Waals surface area contributed by atoms with Crippen molar-refractivity contribution in [1.29, 1.82) is 0 Å². The molecule has 94 valence electrons. The summed E-state index contributed by atoms with van der Waals surface area (Å²) < 4.78 is 28.1. The van der Waals surface area contributed by atoms with Gasteiger partial charge in [-0.3, -0.25) is 4.79 Å². The van der Waals surface area contributed by atoms with Crippen LogP contribution in [0.25, 0.3) is 0 Å². The number of hydrogen-bond donors (Lipinski definition) is 0. The van der Waals surface area contributed by atoms with E-state index in [0.29, 0.717) is 11.1 Å². The Kier molecular flexibility index (Phi) is 3.72.